The van der Waals surface area contributed by atoms with Gasteiger partial charge in [0, 0.05) is 6.04 Å². The second kappa shape index (κ2) is 6.56. The van der Waals surface area contributed by atoms with E-state index in [0.717, 1.165) is 13.1 Å². The van der Waals surface area contributed by atoms with E-state index in [4.69, 9.17) is 0 Å². The molecule has 0 saturated carbocycles. The van der Waals surface area contributed by atoms with Crippen LogP contribution in [0.15, 0.2) is 12.7 Å². The highest BCUT2D eigenvalue weighted by atomic mass is 15.2. The molecule has 0 saturated heterocycles. The van der Waals surface area contributed by atoms with Crippen molar-refractivity contribution in [1.82, 2.24) is 19.7 Å². The summed E-state index contributed by atoms with van der Waals surface area (Å²) in [4.78, 5) is 2.46. The van der Waals surface area contributed by atoms with Crippen LogP contribution in [-0.4, -0.2) is 39.3 Å². The molecular formula is C11H22N4. The van der Waals surface area contributed by atoms with Crippen molar-refractivity contribution < 1.29 is 0 Å². The quantitative estimate of drug-likeness (QED) is 0.690. The highest BCUT2D eigenvalue weighted by Crippen LogP contribution is 2.11. The fourth-order valence-corrected chi connectivity index (χ4v) is 1.74. The van der Waals surface area contributed by atoms with Crippen LogP contribution in [0.2, 0.25) is 0 Å². The summed E-state index contributed by atoms with van der Waals surface area (Å²) in [6, 6.07) is 0.510. The molecule has 0 aliphatic carbocycles. The molecule has 0 fully saturated rings. The first kappa shape index (κ1) is 12.2. The lowest BCUT2D eigenvalue weighted by Crippen LogP contribution is -2.24. The number of nitrogens with zero attached hydrogens (tertiary/aromatic N) is 4. The summed E-state index contributed by atoms with van der Waals surface area (Å²) in [5.41, 5.74) is 0. The van der Waals surface area contributed by atoms with Crippen LogP contribution in [0.4, 0.5) is 0 Å². The maximum absolute atomic E-state index is 3.82. The van der Waals surface area contributed by atoms with Crippen molar-refractivity contribution in [3.63, 3.8) is 0 Å². The molecular weight excluding hydrogens is 188 g/mol. The Bertz CT molecular complexity index is 241. The lowest BCUT2D eigenvalue weighted by molar-refractivity contribution is 0.288. The van der Waals surface area contributed by atoms with Gasteiger partial charge < -0.3 is 9.47 Å². The lowest BCUT2D eigenvalue weighted by Gasteiger charge is -2.19. The molecule has 0 N–H and O–H groups in total. The number of hydrogen-bond donors (Lipinski definition) is 0. The summed E-state index contributed by atoms with van der Waals surface area (Å²) >= 11 is 0. The van der Waals surface area contributed by atoms with Crippen molar-refractivity contribution in [2.24, 2.45) is 0 Å². The number of aromatic nitrogens is 3. The van der Waals surface area contributed by atoms with Crippen LogP contribution in [0, 0.1) is 0 Å². The fourth-order valence-electron chi connectivity index (χ4n) is 1.74. The zero-order valence-corrected chi connectivity index (χ0v) is 10.1. The predicted molar refractivity (Wildman–Crippen MR) is 61.8 cm³/mol. The minimum atomic E-state index is 0.510. The average Bonchev–Trinajstić information content (AvgIpc) is 2.77. The molecule has 0 aliphatic heterocycles. The molecule has 0 aromatic carbocycles. The Morgan fingerprint density at radius 1 is 1.20 bits per heavy atom. The largest absolute Gasteiger partial charge is 0.317 e. The normalized spacial score (nSPS) is 13.3. The van der Waals surface area contributed by atoms with Crippen LogP contribution in [0.1, 0.15) is 39.7 Å². The first-order chi connectivity index (χ1) is 7.27. The van der Waals surface area contributed by atoms with E-state index in [9.17, 15) is 0 Å². The van der Waals surface area contributed by atoms with Gasteiger partial charge in [-0.25, -0.2) is 0 Å². The van der Waals surface area contributed by atoms with Gasteiger partial charge in [-0.2, -0.15) is 0 Å². The SMILES string of the molecule is CCN(CC)CCC[C@H](C)n1cnnc1. The molecule has 0 radical (unpaired) electrons. The maximum atomic E-state index is 3.82. The van der Waals surface area contributed by atoms with Crippen LogP contribution in [0.3, 0.4) is 0 Å². The Morgan fingerprint density at radius 2 is 1.80 bits per heavy atom. The summed E-state index contributed by atoms with van der Waals surface area (Å²) in [7, 11) is 0. The van der Waals surface area contributed by atoms with E-state index >= 15 is 0 Å². The maximum Gasteiger partial charge on any atom is 0.119 e. The van der Waals surface area contributed by atoms with E-state index in [1.165, 1.54) is 19.4 Å². The Balaban J connectivity index is 2.20. The van der Waals surface area contributed by atoms with Gasteiger partial charge in [-0.15, -0.1) is 10.2 Å². The van der Waals surface area contributed by atoms with E-state index in [1.807, 2.05) is 0 Å². The van der Waals surface area contributed by atoms with Crippen molar-refractivity contribution in [1.29, 1.82) is 0 Å². The highest BCUT2D eigenvalue weighted by molar-refractivity contribution is 4.69. The molecule has 1 aromatic heterocycles. The second-order valence-electron chi connectivity index (χ2n) is 3.93. The zero-order valence-electron chi connectivity index (χ0n) is 10.1. The average molecular weight is 210 g/mol. The summed E-state index contributed by atoms with van der Waals surface area (Å²) in [6.07, 6.45) is 6.01. The molecule has 4 heteroatoms. The molecule has 1 heterocycles. The molecule has 0 amide bonds. The van der Waals surface area contributed by atoms with Crippen molar-refractivity contribution in [2.75, 3.05) is 19.6 Å². The third-order valence-electron chi connectivity index (χ3n) is 2.94. The van der Waals surface area contributed by atoms with Crippen LogP contribution in [-0.2, 0) is 0 Å². The minimum Gasteiger partial charge on any atom is -0.317 e. The topological polar surface area (TPSA) is 34.0 Å². The predicted octanol–water partition coefficient (Wildman–Crippen LogP) is 1.96. The number of rotatable bonds is 7. The highest BCUT2D eigenvalue weighted by Gasteiger charge is 2.05. The molecule has 0 spiro atoms. The third kappa shape index (κ3) is 4.00. The van der Waals surface area contributed by atoms with Gasteiger partial charge in [-0.3, -0.25) is 0 Å². The van der Waals surface area contributed by atoms with E-state index in [2.05, 4.69) is 40.4 Å². The molecule has 0 unspecified atom stereocenters. The Morgan fingerprint density at radius 3 is 2.33 bits per heavy atom. The van der Waals surface area contributed by atoms with Gasteiger partial charge in [0.05, 0.1) is 0 Å². The minimum absolute atomic E-state index is 0.510. The van der Waals surface area contributed by atoms with E-state index < -0.39 is 0 Å². The van der Waals surface area contributed by atoms with Gasteiger partial charge in [0.15, 0.2) is 0 Å². The summed E-state index contributed by atoms with van der Waals surface area (Å²) in [5, 5.41) is 7.64. The summed E-state index contributed by atoms with van der Waals surface area (Å²) in [5.74, 6) is 0. The zero-order chi connectivity index (χ0) is 11.1. The van der Waals surface area contributed by atoms with Crippen LogP contribution >= 0.6 is 0 Å². The molecule has 1 atom stereocenters. The van der Waals surface area contributed by atoms with Crippen molar-refractivity contribution >= 4 is 0 Å². The fraction of sp³-hybridized carbons (Fsp3) is 0.818. The van der Waals surface area contributed by atoms with Crippen LogP contribution in [0.25, 0.3) is 0 Å². The van der Waals surface area contributed by atoms with Crippen LogP contribution < -0.4 is 0 Å². The first-order valence-corrected chi connectivity index (χ1v) is 5.84. The Labute approximate surface area is 92.3 Å². The monoisotopic (exact) mass is 210 g/mol. The second-order valence-corrected chi connectivity index (χ2v) is 3.93. The van der Waals surface area contributed by atoms with E-state index in [1.54, 1.807) is 12.7 Å². The molecule has 4 nitrogen and oxygen atoms in total. The van der Waals surface area contributed by atoms with E-state index in [0.29, 0.717) is 6.04 Å². The molecule has 0 aliphatic rings. The summed E-state index contributed by atoms with van der Waals surface area (Å²) < 4.78 is 2.07. The van der Waals surface area contributed by atoms with Gasteiger partial charge >= 0.3 is 0 Å². The third-order valence-corrected chi connectivity index (χ3v) is 2.94. The molecule has 0 bridgehead atoms. The van der Waals surface area contributed by atoms with Crippen LogP contribution in [0.5, 0.6) is 0 Å². The molecule has 86 valence electrons. The van der Waals surface area contributed by atoms with Gasteiger partial charge in [0.1, 0.15) is 12.7 Å². The Kier molecular flexibility index (Phi) is 5.32. The van der Waals surface area contributed by atoms with Gasteiger partial charge in [-0.05, 0) is 39.4 Å². The van der Waals surface area contributed by atoms with Crippen molar-refractivity contribution in [2.45, 2.75) is 39.7 Å². The molecule has 15 heavy (non-hydrogen) atoms. The van der Waals surface area contributed by atoms with Gasteiger partial charge in [-0.1, -0.05) is 13.8 Å². The van der Waals surface area contributed by atoms with E-state index in [-0.39, 0.29) is 0 Å². The first-order valence-electron chi connectivity index (χ1n) is 5.84. The molecule has 1 aromatic rings. The molecule has 1 rings (SSSR count). The lowest BCUT2D eigenvalue weighted by atomic mass is 10.2. The van der Waals surface area contributed by atoms with Gasteiger partial charge in [0.25, 0.3) is 0 Å². The summed E-state index contributed by atoms with van der Waals surface area (Å²) in [6.45, 7) is 10.1. The van der Waals surface area contributed by atoms with Crippen molar-refractivity contribution in [3.8, 4) is 0 Å². The number of hydrogen-bond acceptors (Lipinski definition) is 3. The van der Waals surface area contributed by atoms with Gasteiger partial charge in [0.2, 0.25) is 0 Å². The van der Waals surface area contributed by atoms with Crippen molar-refractivity contribution in [3.05, 3.63) is 12.7 Å². The standard InChI is InChI=1S/C11H22N4/c1-4-14(5-2)8-6-7-11(3)15-9-12-13-10-15/h9-11H,4-8H2,1-3H3/t11-/m0/s1. The smallest absolute Gasteiger partial charge is 0.119 e. The Hall–Kier alpha value is -0.900.